The van der Waals surface area contributed by atoms with Gasteiger partial charge < -0.3 is 9.84 Å². The van der Waals surface area contributed by atoms with E-state index in [9.17, 15) is 5.11 Å². The largest absolute Gasteiger partial charge is 0.493 e. The van der Waals surface area contributed by atoms with Crippen molar-refractivity contribution in [1.82, 2.24) is 0 Å². The lowest BCUT2D eigenvalue weighted by Gasteiger charge is -2.14. The van der Waals surface area contributed by atoms with Crippen molar-refractivity contribution in [1.29, 1.82) is 0 Å². The van der Waals surface area contributed by atoms with Crippen LogP contribution < -0.4 is 4.74 Å². The number of unbranched alkanes of at least 4 members (excludes halogenated alkanes) is 7. The molecular weight excluding hydrogens is 260 g/mol. The molecule has 1 aromatic carbocycles. The molecule has 0 aliphatic heterocycles. The van der Waals surface area contributed by atoms with Gasteiger partial charge in [0.05, 0.1) is 12.7 Å². The maximum absolute atomic E-state index is 9.76. The molecule has 1 rings (SSSR count). The molecule has 1 unspecified atom stereocenters. The first-order valence-corrected chi connectivity index (χ1v) is 8.56. The zero-order valence-corrected chi connectivity index (χ0v) is 14.0. The fraction of sp³-hybridized carbons (Fsp3) is 0.684. The number of ether oxygens (including phenoxy) is 1. The summed E-state index contributed by atoms with van der Waals surface area (Å²) in [7, 11) is 0. The number of rotatable bonds is 11. The molecule has 1 aromatic rings. The Morgan fingerprint density at radius 1 is 1.00 bits per heavy atom. The van der Waals surface area contributed by atoms with E-state index in [4.69, 9.17) is 4.74 Å². The molecule has 0 aliphatic carbocycles. The van der Waals surface area contributed by atoms with Gasteiger partial charge in [0.2, 0.25) is 0 Å². The highest BCUT2D eigenvalue weighted by atomic mass is 16.5. The second-order valence-corrected chi connectivity index (χ2v) is 6.04. The lowest BCUT2D eigenvalue weighted by atomic mass is 10.1. The summed E-state index contributed by atoms with van der Waals surface area (Å²) >= 11 is 0. The van der Waals surface area contributed by atoms with Crippen molar-refractivity contribution in [3.8, 4) is 5.75 Å². The van der Waals surface area contributed by atoms with Gasteiger partial charge >= 0.3 is 0 Å². The Balaban J connectivity index is 2.19. The number of benzene rings is 1. The van der Waals surface area contributed by atoms with Crippen LogP contribution in [-0.2, 0) is 0 Å². The third-order valence-corrected chi connectivity index (χ3v) is 3.87. The van der Waals surface area contributed by atoms with Crippen molar-refractivity contribution in [2.75, 3.05) is 6.61 Å². The van der Waals surface area contributed by atoms with Gasteiger partial charge in [0.15, 0.2) is 0 Å². The highest BCUT2D eigenvalue weighted by molar-refractivity contribution is 5.38. The topological polar surface area (TPSA) is 29.5 Å². The molecule has 2 nitrogen and oxygen atoms in total. The molecule has 0 heterocycles. The molecule has 21 heavy (non-hydrogen) atoms. The molecule has 1 atom stereocenters. The summed E-state index contributed by atoms with van der Waals surface area (Å²) in [5, 5.41) is 9.76. The van der Waals surface area contributed by atoms with Crippen molar-refractivity contribution >= 4 is 0 Å². The number of aliphatic hydroxyl groups is 1. The molecule has 1 N–H and O–H groups in total. The van der Waals surface area contributed by atoms with E-state index >= 15 is 0 Å². The first-order chi connectivity index (χ1) is 10.1. The second-order valence-electron chi connectivity index (χ2n) is 6.04. The first kappa shape index (κ1) is 18.0. The fourth-order valence-electron chi connectivity index (χ4n) is 2.53. The lowest BCUT2D eigenvalue weighted by molar-refractivity contribution is 0.190. The quantitative estimate of drug-likeness (QED) is 0.540. The maximum Gasteiger partial charge on any atom is 0.125 e. The molecule has 120 valence electrons. The van der Waals surface area contributed by atoms with E-state index in [1.165, 1.54) is 50.5 Å². The van der Waals surface area contributed by atoms with Crippen molar-refractivity contribution in [3.05, 3.63) is 29.3 Å². The monoisotopic (exact) mass is 292 g/mol. The van der Waals surface area contributed by atoms with Gasteiger partial charge in [0.25, 0.3) is 0 Å². The summed E-state index contributed by atoms with van der Waals surface area (Å²) in [6, 6.07) is 6.00. The van der Waals surface area contributed by atoms with E-state index in [1.54, 1.807) is 6.92 Å². The van der Waals surface area contributed by atoms with Crippen LogP contribution in [0.4, 0.5) is 0 Å². The molecule has 0 radical (unpaired) electrons. The Kier molecular flexibility index (Phi) is 9.16. The predicted octanol–water partition coefficient (Wildman–Crippen LogP) is 5.57. The average molecular weight is 292 g/mol. The normalized spacial score (nSPS) is 12.4. The zero-order valence-electron chi connectivity index (χ0n) is 14.0. The minimum Gasteiger partial charge on any atom is -0.493 e. The SMILES string of the molecule is CCCCCCCCCCOc1cc(C)ccc1C(C)O. The molecule has 0 fully saturated rings. The zero-order chi connectivity index (χ0) is 15.5. The standard InChI is InChI=1S/C19H32O2/c1-4-5-6-7-8-9-10-11-14-21-19-15-16(2)12-13-18(19)17(3)20/h12-13,15,17,20H,4-11,14H2,1-3H3. The Hall–Kier alpha value is -1.02. The van der Waals surface area contributed by atoms with Gasteiger partial charge in [0.1, 0.15) is 5.75 Å². The van der Waals surface area contributed by atoms with Crippen molar-refractivity contribution in [2.24, 2.45) is 0 Å². The molecule has 0 amide bonds. The molecular formula is C19H32O2. The van der Waals surface area contributed by atoms with Gasteiger partial charge in [-0.25, -0.2) is 0 Å². The van der Waals surface area contributed by atoms with Crippen LogP contribution in [0.2, 0.25) is 0 Å². The van der Waals surface area contributed by atoms with E-state index in [1.807, 2.05) is 18.2 Å². The Morgan fingerprint density at radius 2 is 1.62 bits per heavy atom. The highest BCUT2D eigenvalue weighted by Crippen LogP contribution is 2.26. The number of aliphatic hydroxyl groups excluding tert-OH is 1. The van der Waals surface area contributed by atoms with Gasteiger partial charge in [-0.15, -0.1) is 0 Å². The Morgan fingerprint density at radius 3 is 2.24 bits per heavy atom. The van der Waals surface area contributed by atoms with Crippen LogP contribution in [0.3, 0.4) is 0 Å². The summed E-state index contributed by atoms with van der Waals surface area (Å²) in [5.41, 5.74) is 2.06. The van der Waals surface area contributed by atoms with E-state index in [0.717, 1.165) is 24.3 Å². The van der Waals surface area contributed by atoms with Gasteiger partial charge in [-0.1, -0.05) is 64.0 Å². The van der Waals surface area contributed by atoms with Gasteiger partial charge in [-0.2, -0.15) is 0 Å². The molecule has 2 heteroatoms. The maximum atomic E-state index is 9.76. The summed E-state index contributed by atoms with van der Waals surface area (Å²) in [6.45, 7) is 6.84. The summed E-state index contributed by atoms with van der Waals surface area (Å²) < 4.78 is 5.86. The van der Waals surface area contributed by atoms with Crippen LogP contribution >= 0.6 is 0 Å². The Labute approximate surface area is 130 Å². The van der Waals surface area contributed by atoms with Gasteiger partial charge in [-0.05, 0) is 31.9 Å². The summed E-state index contributed by atoms with van der Waals surface area (Å²) in [5.74, 6) is 0.841. The van der Waals surface area contributed by atoms with E-state index < -0.39 is 6.10 Å². The summed E-state index contributed by atoms with van der Waals surface area (Å²) in [4.78, 5) is 0. The number of aryl methyl sites for hydroxylation is 1. The molecule has 0 aromatic heterocycles. The van der Waals surface area contributed by atoms with Crippen LogP contribution in [0.25, 0.3) is 0 Å². The van der Waals surface area contributed by atoms with Crippen LogP contribution in [0.5, 0.6) is 5.75 Å². The first-order valence-electron chi connectivity index (χ1n) is 8.56. The molecule has 0 bridgehead atoms. The van der Waals surface area contributed by atoms with Crippen molar-refractivity contribution in [2.45, 2.75) is 78.2 Å². The second kappa shape index (κ2) is 10.7. The van der Waals surface area contributed by atoms with Crippen LogP contribution in [0, 0.1) is 6.92 Å². The highest BCUT2D eigenvalue weighted by Gasteiger charge is 2.09. The minimum absolute atomic E-state index is 0.473. The van der Waals surface area contributed by atoms with E-state index in [2.05, 4.69) is 13.8 Å². The summed E-state index contributed by atoms with van der Waals surface area (Å²) in [6.07, 6.45) is 9.97. The third kappa shape index (κ3) is 7.52. The smallest absolute Gasteiger partial charge is 0.125 e. The van der Waals surface area contributed by atoms with Crippen molar-refractivity contribution < 1.29 is 9.84 Å². The van der Waals surface area contributed by atoms with Crippen LogP contribution in [-0.4, -0.2) is 11.7 Å². The number of hydrogen-bond donors (Lipinski definition) is 1. The Bertz CT molecular complexity index is 385. The van der Waals surface area contributed by atoms with Crippen molar-refractivity contribution in [3.63, 3.8) is 0 Å². The van der Waals surface area contributed by atoms with Crippen LogP contribution in [0.15, 0.2) is 18.2 Å². The molecule has 0 saturated carbocycles. The lowest BCUT2D eigenvalue weighted by Crippen LogP contribution is -2.02. The van der Waals surface area contributed by atoms with E-state index in [0.29, 0.717) is 0 Å². The molecule has 0 spiro atoms. The van der Waals surface area contributed by atoms with Gasteiger partial charge in [0, 0.05) is 5.56 Å². The third-order valence-electron chi connectivity index (χ3n) is 3.87. The average Bonchev–Trinajstić information content (AvgIpc) is 2.45. The van der Waals surface area contributed by atoms with Gasteiger partial charge in [-0.3, -0.25) is 0 Å². The van der Waals surface area contributed by atoms with E-state index in [-0.39, 0.29) is 0 Å². The fourth-order valence-corrected chi connectivity index (χ4v) is 2.53. The van der Waals surface area contributed by atoms with Crippen LogP contribution in [0.1, 0.15) is 82.4 Å². The molecule has 0 saturated heterocycles. The minimum atomic E-state index is -0.473. The number of hydrogen-bond acceptors (Lipinski definition) is 2. The molecule has 0 aliphatic rings. The predicted molar refractivity (Wildman–Crippen MR) is 89.9 cm³/mol.